The average Bonchev–Trinajstić information content (AvgIpc) is 2.38. The van der Waals surface area contributed by atoms with Crippen molar-refractivity contribution >= 4 is 11.7 Å². The number of rotatable bonds is 4. The van der Waals surface area contributed by atoms with Crippen LogP contribution in [-0.4, -0.2) is 35.2 Å². The molecule has 0 bridgehead atoms. The molecule has 0 radical (unpaired) electrons. The number of amides is 2. The van der Waals surface area contributed by atoms with Gasteiger partial charge in [-0.15, -0.1) is 0 Å². The van der Waals surface area contributed by atoms with Crippen molar-refractivity contribution in [3.8, 4) is 0 Å². The molecule has 1 aromatic rings. The quantitative estimate of drug-likeness (QED) is 0.756. The summed E-state index contributed by atoms with van der Waals surface area (Å²) in [6.45, 7) is 3.98. The minimum Gasteiger partial charge on any atom is -0.394 e. The first-order chi connectivity index (χ1) is 8.40. The maximum absolute atomic E-state index is 12.0. The Morgan fingerprint density at radius 1 is 1.39 bits per heavy atom. The lowest BCUT2D eigenvalue weighted by molar-refractivity contribution is 0.104. The molecule has 1 aromatic carbocycles. The van der Waals surface area contributed by atoms with E-state index in [1.165, 1.54) is 4.90 Å². The molecule has 5 heteroatoms. The smallest absolute Gasteiger partial charge is 0.322 e. The Morgan fingerprint density at radius 3 is 2.39 bits per heavy atom. The molecule has 0 aliphatic heterocycles. The van der Waals surface area contributed by atoms with Crippen LogP contribution in [-0.2, 0) is 6.54 Å². The maximum Gasteiger partial charge on any atom is 0.322 e. The number of aliphatic hydroxyl groups excluding tert-OH is 1. The highest BCUT2D eigenvalue weighted by Crippen LogP contribution is 2.14. The van der Waals surface area contributed by atoms with Crippen molar-refractivity contribution in [3.05, 3.63) is 29.8 Å². The Hall–Kier alpha value is -1.59. The van der Waals surface area contributed by atoms with Gasteiger partial charge in [-0.25, -0.2) is 4.79 Å². The lowest BCUT2D eigenvalue weighted by Crippen LogP contribution is -2.49. The summed E-state index contributed by atoms with van der Waals surface area (Å²) >= 11 is 0. The molecule has 0 unspecified atom stereocenters. The number of nitrogens with zero attached hydrogens (tertiary/aromatic N) is 1. The fourth-order valence-electron chi connectivity index (χ4n) is 1.31. The van der Waals surface area contributed by atoms with Crippen LogP contribution in [0.4, 0.5) is 10.5 Å². The Balaban J connectivity index is 2.69. The van der Waals surface area contributed by atoms with E-state index >= 15 is 0 Å². The van der Waals surface area contributed by atoms with Crippen LogP contribution in [0, 0.1) is 0 Å². The second-order valence-corrected chi connectivity index (χ2v) is 4.86. The van der Waals surface area contributed by atoms with Crippen molar-refractivity contribution in [2.24, 2.45) is 5.73 Å². The molecule has 0 spiro atoms. The molecule has 18 heavy (non-hydrogen) atoms. The molecule has 0 saturated carbocycles. The van der Waals surface area contributed by atoms with E-state index in [1.807, 2.05) is 12.1 Å². The number of hydrogen-bond donors (Lipinski definition) is 3. The van der Waals surface area contributed by atoms with Gasteiger partial charge in [-0.2, -0.15) is 0 Å². The molecule has 2 amide bonds. The lowest BCUT2D eigenvalue weighted by Gasteiger charge is -2.33. The minimum atomic E-state index is -0.596. The van der Waals surface area contributed by atoms with Gasteiger partial charge >= 0.3 is 6.03 Å². The topological polar surface area (TPSA) is 78.6 Å². The number of nitrogens with two attached hydrogens (primary N) is 1. The molecular formula is C13H21N3O2. The van der Waals surface area contributed by atoms with Gasteiger partial charge in [-0.05, 0) is 31.5 Å². The highest BCUT2D eigenvalue weighted by atomic mass is 16.3. The molecule has 0 aliphatic rings. The number of aliphatic hydroxyl groups is 1. The Kier molecular flexibility index (Phi) is 4.69. The highest BCUT2D eigenvalue weighted by Gasteiger charge is 2.26. The van der Waals surface area contributed by atoms with Crippen molar-refractivity contribution in [1.29, 1.82) is 0 Å². The summed E-state index contributed by atoms with van der Waals surface area (Å²) in [5, 5.41) is 12.0. The number of benzene rings is 1. The number of urea groups is 1. The fraction of sp³-hybridized carbons (Fsp3) is 0.462. The normalized spacial score (nSPS) is 11.2. The van der Waals surface area contributed by atoms with Crippen LogP contribution in [0.2, 0.25) is 0 Å². The summed E-state index contributed by atoms with van der Waals surface area (Å²) in [5.41, 5.74) is 6.62. The summed E-state index contributed by atoms with van der Waals surface area (Å²) in [6.07, 6.45) is 0. The summed E-state index contributed by atoms with van der Waals surface area (Å²) in [6, 6.07) is 7.09. The molecule has 100 valence electrons. The van der Waals surface area contributed by atoms with Crippen LogP contribution in [0.3, 0.4) is 0 Å². The maximum atomic E-state index is 12.0. The Morgan fingerprint density at radius 2 is 1.94 bits per heavy atom. The van der Waals surface area contributed by atoms with E-state index in [0.29, 0.717) is 12.2 Å². The summed E-state index contributed by atoms with van der Waals surface area (Å²) in [5.74, 6) is 0. The lowest BCUT2D eigenvalue weighted by atomic mass is 10.1. The van der Waals surface area contributed by atoms with Crippen molar-refractivity contribution in [2.75, 3.05) is 19.0 Å². The molecular weight excluding hydrogens is 230 g/mol. The van der Waals surface area contributed by atoms with Gasteiger partial charge in [0.2, 0.25) is 0 Å². The summed E-state index contributed by atoms with van der Waals surface area (Å²) < 4.78 is 0. The Bertz CT molecular complexity index is 401. The summed E-state index contributed by atoms with van der Waals surface area (Å²) in [7, 11) is 1.65. The number of hydrogen-bond acceptors (Lipinski definition) is 3. The zero-order valence-corrected chi connectivity index (χ0v) is 11.1. The van der Waals surface area contributed by atoms with Gasteiger partial charge < -0.3 is 21.1 Å². The van der Waals surface area contributed by atoms with E-state index in [9.17, 15) is 9.90 Å². The fourth-order valence-corrected chi connectivity index (χ4v) is 1.31. The molecule has 0 aromatic heterocycles. The first-order valence-corrected chi connectivity index (χ1v) is 5.85. The van der Waals surface area contributed by atoms with E-state index in [4.69, 9.17) is 5.73 Å². The monoisotopic (exact) mass is 251 g/mol. The largest absolute Gasteiger partial charge is 0.394 e. The molecule has 5 nitrogen and oxygen atoms in total. The number of carbonyl (C=O) groups excluding carboxylic acids is 1. The van der Waals surface area contributed by atoms with Crippen LogP contribution >= 0.6 is 0 Å². The number of anilines is 1. The second-order valence-electron chi connectivity index (χ2n) is 4.86. The van der Waals surface area contributed by atoms with Gasteiger partial charge in [0, 0.05) is 19.3 Å². The minimum absolute atomic E-state index is 0.0942. The highest BCUT2D eigenvalue weighted by molar-refractivity contribution is 5.89. The molecule has 1 rings (SSSR count). The van der Waals surface area contributed by atoms with Gasteiger partial charge in [0.05, 0.1) is 12.1 Å². The van der Waals surface area contributed by atoms with Crippen LogP contribution in [0.5, 0.6) is 0 Å². The molecule has 0 atom stereocenters. The third-order valence-corrected chi connectivity index (χ3v) is 3.04. The molecule has 0 fully saturated rings. The second kappa shape index (κ2) is 5.84. The van der Waals surface area contributed by atoms with Gasteiger partial charge in [-0.3, -0.25) is 0 Å². The first-order valence-electron chi connectivity index (χ1n) is 5.85. The van der Waals surface area contributed by atoms with Gasteiger partial charge in [-0.1, -0.05) is 12.1 Å². The van der Waals surface area contributed by atoms with Crippen molar-refractivity contribution in [3.63, 3.8) is 0 Å². The zero-order chi connectivity index (χ0) is 13.8. The van der Waals surface area contributed by atoms with Crippen LogP contribution in [0.15, 0.2) is 24.3 Å². The molecule has 0 heterocycles. The molecule has 0 saturated heterocycles. The predicted molar refractivity (Wildman–Crippen MR) is 72.3 cm³/mol. The van der Waals surface area contributed by atoms with Crippen molar-refractivity contribution in [2.45, 2.75) is 25.9 Å². The first kappa shape index (κ1) is 14.5. The van der Waals surface area contributed by atoms with Gasteiger partial charge in [0.15, 0.2) is 0 Å². The number of nitrogens with one attached hydrogen (secondary N) is 1. The van der Waals surface area contributed by atoms with E-state index in [2.05, 4.69) is 5.32 Å². The van der Waals surface area contributed by atoms with Crippen LogP contribution in [0.25, 0.3) is 0 Å². The number of carbonyl (C=O) groups is 1. The molecule has 0 aliphatic carbocycles. The van der Waals surface area contributed by atoms with Crippen molar-refractivity contribution < 1.29 is 9.90 Å². The Labute approximate surface area is 108 Å². The average molecular weight is 251 g/mol. The predicted octanol–water partition coefficient (Wildman–Crippen LogP) is 1.38. The van der Waals surface area contributed by atoms with Gasteiger partial charge in [0.1, 0.15) is 0 Å². The van der Waals surface area contributed by atoms with Crippen LogP contribution < -0.4 is 11.1 Å². The van der Waals surface area contributed by atoms with E-state index in [-0.39, 0.29) is 12.6 Å². The third-order valence-electron chi connectivity index (χ3n) is 3.04. The van der Waals surface area contributed by atoms with Gasteiger partial charge in [0.25, 0.3) is 0 Å². The zero-order valence-electron chi connectivity index (χ0n) is 11.1. The number of likely N-dealkylation sites (N-methyl/N-ethyl adjacent to an activating group) is 1. The van der Waals surface area contributed by atoms with E-state index in [0.717, 1.165) is 5.56 Å². The van der Waals surface area contributed by atoms with Crippen LogP contribution in [0.1, 0.15) is 19.4 Å². The van der Waals surface area contributed by atoms with Crippen molar-refractivity contribution in [1.82, 2.24) is 4.90 Å². The van der Waals surface area contributed by atoms with E-state index in [1.54, 1.807) is 33.0 Å². The standard InChI is InChI=1S/C13H21N3O2/c1-13(2,9-17)16(3)12(18)15-11-6-4-10(8-14)5-7-11/h4-7,17H,8-9,14H2,1-3H3,(H,15,18). The summed E-state index contributed by atoms with van der Waals surface area (Å²) in [4.78, 5) is 13.4. The SMILES string of the molecule is CN(C(=O)Nc1ccc(CN)cc1)C(C)(C)CO. The molecule has 4 N–H and O–H groups in total. The third kappa shape index (κ3) is 3.45. The van der Waals surface area contributed by atoms with E-state index < -0.39 is 5.54 Å².